The summed E-state index contributed by atoms with van der Waals surface area (Å²) in [5.41, 5.74) is -0.470. The second-order valence-electron chi connectivity index (χ2n) is 12.5. The Morgan fingerprint density at radius 2 is 1.52 bits per heavy atom. The summed E-state index contributed by atoms with van der Waals surface area (Å²) in [5, 5.41) is 10.5. The molecule has 52 heavy (non-hydrogen) atoms. The molecular weight excluding hydrogens is 692 g/mol. The summed E-state index contributed by atoms with van der Waals surface area (Å²) in [5.74, 6) is 0.406. The van der Waals surface area contributed by atoms with Crippen LogP contribution in [-0.2, 0) is 35.0 Å². The van der Waals surface area contributed by atoms with Crippen molar-refractivity contribution in [2.75, 3.05) is 25.2 Å². The number of hydrogen-bond donors (Lipinski definition) is 1. The van der Waals surface area contributed by atoms with Gasteiger partial charge in [0.25, 0.3) is 0 Å². The Bertz CT molecular complexity index is 1760. The van der Waals surface area contributed by atoms with Crippen LogP contribution in [-0.4, -0.2) is 41.4 Å². The summed E-state index contributed by atoms with van der Waals surface area (Å²) in [6.07, 6.45) is -5.28. The second-order valence-corrected chi connectivity index (χ2v) is 12.5. The molecule has 14 heteroatoms. The van der Waals surface area contributed by atoms with E-state index in [1.54, 1.807) is 12.1 Å². The second kappa shape index (κ2) is 17.5. The van der Waals surface area contributed by atoms with E-state index in [1.807, 2.05) is 32.9 Å². The van der Waals surface area contributed by atoms with Gasteiger partial charge in [-0.15, -0.1) is 0 Å². The molecule has 0 fully saturated rings. The number of halogens is 6. The Hall–Kier alpha value is -5.01. The lowest BCUT2D eigenvalue weighted by molar-refractivity contribution is -0.144. The number of phenolic OH excluding ortho intramolecular Hbond substituents is 1. The zero-order valence-electron chi connectivity index (χ0n) is 29.3. The topological polar surface area (TPSA) is 94.0 Å². The van der Waals surface area contributed by atoms with Crippen LogP contribution in [0.5, 0.6) is 17.2 Å². The van der Waals surface area contributed by atoms with Crippen molar-refractivity contribution in [1.29, 1.82) is 0 Å². The van der Waals surface area contributed by atoms with Crippen LogP contribution in [0.25, 0.3) is 11.1 Å². The molecule has 3 aromatic carbocycles. The Balaban J connectivity index is 1.71. The number of benzene rings is 3. The highest BCUT2D eigenvalue weighted by Gasteiger charge is 2.37. The van der Waals surface area contributed by atoms with Gasteiger partial charge in [-0.1, -0.05) is 39.3 Å². The molecule has 1 N–H and O–H groups in total. The number of carbonyl (C=O) groups excluding carboxylic acids is 1. The predicted octanol–water partition coefficient (Wildman–Crippen LogP) is 9.73. The third-order valence-electron chi connectivity index (χ3n) is 8.10. The van der Waals surface area contributed by atoms with Crippen LogP contribution in [0.4, 0.5) is 32.3 Å². The molecule has 0 spiro atoms. The van der Waals surface area contributed by atoms with Gasteiger partial charge in [-0.2, -0.15) is 26.3 Å². The fraction of sp³-hybridized carbons (Fsp3) is 0.395. The van der Waals surface area contributed by atoms with Gasteiger partial charge in [-0.3, -0.25) is 4.79 Å². The molecule has 280 valence electrons. The summed E-state index contributed by atoms with van der Waals surface area (Å²) in [7, 11) is 1.50. The van der Waals surface area contributed by atoms with Crippen molar-refractivity contribution < 1.29 is 50.5 Å². The molecular formula is C38H41F6N3O5. The van der Waals surface area contributed by atoms with Crippen molar-refractivity contribution in [3.8, 4) is 28.4 Å². The molecule has 0 atom stereocenters. The number of alkyl halides is 6. The molecule has 0 amide bonds. The first kappa shape index (κ1) is 39.8. The number of carbonyl (C=O) groups is 1. The number of esters is 1. The van der Waals surface area contributed by atoms with Crippen molar-refractivity contribution in [2.24, 2.45) is 0 Å². The van der Waals surface area contributed by atoms with Gasteiger partial charge in [0.2, 0.25) is 5.95 Å². The largest absolute Gasteiger partial charge is 0.508 e. The summed E-state index contributed by atoms with van der Waals surface area (Å²) in [6, 6.07) is 11.6. The van der Waals surface area contributed by atoms with Gasteiger partial charge in [-0.05, 0) is 83.5 Å². The van der Waals surface area contributed by atoms with Crippen molar-refractivity contribution in [3.05, 3.63) is 94.8 Å². The van der Waals surface area contributed by atoms with Gasteiger partial charge in [0.1, 0.15) is 11.5 Å². The van der Waals surface area contributed by atoms with E-state index < -0.39 is 30.0 Å². The molecule has 0 saturated heterocycles. The number of phenols is 1. The third kappa shape index (κ3) is 11.0. The Morgan fingerprint density at radius 1 is 0.846 bits per heavy atom. The minimum Gasteiger partial charge on any atom is -0.508 e. The van der Waals surface area contributed by atoms with Gasteiger partial charge in [0.05, 0.1) is 43.8 Å². The van der Waals surface area contributed by atoms with E-state index in [0.29, 0.717) is 47.6 Å². The van der Waals surface area contributed by atoms with Crippen molar-refractivity contribution in [2.45, 2.75) is 77.8 Å². The Morgan fingerprint density at radius 3 is 2.12 bits per heavy atom. The molecule has 4 aromatic rings. The first-order valence-electron chi connectivity index (χ1n) is 16.7. The summed E-state index contributed by atoms with van der Waals surface area (Å²) in [6.45, 7) is 5.90. The van der Waals surface area contributed by atoms with Crippen LogP contribution in [0, 0.1) is 0 Å². The van der Waals surface area contributed by atoms with E-state index in [0.717, 1.165) is 18.4 Å². The normalized spacial score (nSPS) is 11.8. The smallest absolute Gasteiger partial charge is 0.416 e. The molecule has 0 unspecified atom stereocenters. The van der Waals surface area contributed by atoms with Crippen LogP contribution in [0.1, 0.15) is 80.2 Å². The number of aromatic nitrogens is 2. The lowest BCUT2D eigenvalue weighted by Gasteiger charge is -2.26. The van der Waals surface area contributed by atoms with E-state index in [-0.39, 0.29) is 60.5 Å². The number of anilines is 1. The maximum atomic E-state index is 13.8. The highest BCUT2D eigenvalue weighted by atomic mass is 19.4. The predicted molar refractivity (Wildman–Crippen MR) is 183 cm³/mol. The zero-order valence-corrected chi connectivity index (χ0v) is 29.3. The summed E-state index contributed by atoms with van der Waals surface area (Å²) < 4.78 is 99.2. The highest BCUT2D eigenvalue weighted by molar-refractivity contribution is 5.75. The number of ether oxygens (including phenoxy) is 3. The quantitative estimate of drug-likeness (QED) is 0.0692. The molecule has 0 radical (unpaired) electrons. The summed E-state index contributed by atoms with van der Waals surface area (Å²) in [4.78, 5) is 21.9. The molecule has 4 rings (SSSR count). The number of aromatic hydroxyl groups is 1. The molecule has 0 bridgehead atoms. The zero-order chi connectivity index (χ0) is 38.1. The SMILES string of the molecule is CCCCOC(=O)CCCOc1cnc(N(Cc2cc(C(F)(F)F)cc(C(F)(F)F)c2)Cc2cc(O)ccc2-c2cc(C(C)C)ccc2OC)nc1. The van der Waals surface area contributed by atoms with Gasteiger partial charge in [0.15, 0.2) is 5.75 Å². The fourth-order valence-corrected chi connectivity index (χ4v) is 5.36. The third-order valence-corrected chi connectivity index (χ3v) is 8.10. The number of nitrogens with zero attached hydrogens (tertiary/aromatic N) is 3. The molecule has 0 aliphatic carbocycles. The Kier molecular flexibility index (Phi) is 13.4. The minimum absolute atomic E-state index is 0.0324. The van der Waals surface area contributed by atoms with Crippen molar-refractivity contribution >= 4 is 11.9 Å². The maximum absolute atomic E-state index is 13.8. The standard InChI is InChI=1S/C38H41F6N3O5/c1-5-6-13-52-35(49)8-7-14-51-31-20-45-36(46-21-31)47(22-25-15-28(37(39,40)41)19-29(16-25)38(42,43)44)23-27-17-30(48)10-11-32(27)33-18-26(24(2)3)9-12-34(33)50-4/h9-12,15-21,24,48H,5-8,13-14,22-23H2,1-4H3. The van der Waals surface area contributed by atoms with Crippen molar-refractivity contribution in [3.63, 3.8) is 0 Å². The van der Waals surface area contributed by atoms with Crippen LogP contribution < -0.4 is 14.4 Å². The van der Waals surface area contributed by atoms with Crippen LogP contribution >= 0.6 is 0 Å². The van der Waals surface area contributed by atoms with E-state index in [4.69, 9.17) is 14.2 Å². The van der Waals surface area contributed by atoms with Crippen LogP contribution in [0.2, 0.25) is 0 Å². The minimum atomic E-state index is -5.04. The highest BCUT2D eigenvalue weighted by Crippen LogP contribution is 2.39. The molecule has 0 aliphatic heterocycles. The van der Waals surface area contributed by atoms with E-state index >= 15 is 0 Å². The molecule has 1 heterocycles. The molecule has 1 aromatic heterocycles. The van der Waals surface area contributed by atoms with Gasteiger partial charge in [-0.25, -0.2) is 9.97 Å². The lowest BCUT2D eigenvalue weighted by Crippen LogP contribution is -2.25. The monoisotopic (exact) mass is 733 g/mol. The first-order valence-corrected chi connectivity index (χ1v) is 16.7. The van der Waals surface area contributed by atoms with Gasteiger partial charge < -0.3 is 24.2 Å². The fourth-order valence-electron chi connectivity index (χ4n) is 5.36. The van der Waals surface area contributed by atoms with E-state index in [9.17, 15) is 36.2 Å². The number of hydrogen-bond acceptors (Lipinski definition) is 8. The van der Waals surface area contributed by atoms with E-state index in [2.05, 4.69) is 9.97 Å². The molecule has 8 nitrogen and oxygen atoms in total. The Labute approximate surface area is 298 Å². The maximum Gasteiger partial charge on any atom is 0.416 e. The van der Waals surface area contributed by atoms with E-state index in [1.165, 1.54) is 36.5 Å². The van der Waals surface area contributed by atoms with Gasteiger partial charge >= 0.3 is 18.3 Å². The lowest BCUT2D eigenvalue weighted by atomic mass is 9.93. The van der Waals surface area contributed by atoms with Crippen molar-refractivity contribution in [1.82, 2.24) is 9.97 Å². The number of unbranched alkanes of at least 4 members (excludes halogenated alkanes) is 1. The molecule has 0 aliphatic rings. The van der Waals surface area contributed by atoms with Crippen LogP contribution in [0.3, 0.4) is 0 Å². The summed E-state index contributed by atoms with van der Waals surface area (Å²) >= 11 is 0. The average Bonchev–Trinajstić information content (AvgIpc) is 3.09. The van der Waals surface area contributed by atoms with Crippen LogP contribution in [0.15, 0.2) is 67.0 Å². The molecule has 0 saturated carbocycles. The average molecular weight is 734 g/mol. The van der Waals surface area contributed by atoms with Gasteiger partial charge in [0, 0.05) is 25.1 Å². The first-order chi connectivity index (χ1) is 24.6. The number of methoxy groups -OCH3 is 1. The number of rotatable bonds is 16.